The number of ether oxygens (including phenoxy) is 3. The molecule has 1 amide bonds. The molecule has 2 N–H and O–H groups in total. The van der Waals surface area contributed by atoms with E-state index in [0.29, 0.717) is 26.1 Å². The first kappa shape index (κ1) is 28.9. The number of nitrogens with one attached hydrogen (secondary N) is 2. The lowest BCUT2D eigenvalue weighted by molar-refractivity contribution is -0.139. The zero-order valence-electron chi connectivity index (χ0n) is 21.8. The summed E-state index contributed by atoms with van der Waals surface area (Å²) in [7, 11) is -0.807. The highest BCUT2D eigenvalue weighted by molar-refractivity contribution is 7.89. The fourth-order valence-corrected chi connectivity index (χ4v) is 5.29. The Kier molecular flexibility index (Phi) is 10.7. The summed E-state index contributed by atoms with van der Waals surface area (Å²) in [6.45, 7) is 4.23. The van der Waals surface area contributed by atoms with Gasteiger partial charge in [-0.1, -0.05) is 34.8 Å². The van der Waals surface area contributed by atoms with Gasteiger partial charge in [0.05, 0.1) is 42.9 Å². The van der Waals surface area contributed by atoms with Crippen LogP contribution in [0.2, 0.25) is 0 Å². The molecule has 204 valence electrons. The average molecular weight is 536 g/mol. The van der Waals surface area contributed by atoms with Crippen molar-refractivity contribution in [1.29, 1.82) is 0 Å². The summed E-state index contributed by atoms with van der Waals surface area (Å²) in [5, 5.41) is 5.85. The van der Waals surface area contributed by atoms with Gasteiger partial charge in [0.25, 0.3) is 10.0 Å². The average Bonchev–Trinajstić information content (AvgIpc) is 3.39. The van der Waals surface area contributed by atoms with Crippen molar-refractivity contribution in [2.24, 2.45) is 0 Å². The number of carbonyl (C=O) groups is 1. The number of rotatable bonds is 13. The van der Waals surface area contributed by atoms with Gasteiger partial charge in [0.2, 0.25) is 0 Å². The largest absolute Gasteiger partial charge is 0.444 e. The first-order valence-corrected chi connectivity index (χ1v) is 13.8. The maximum absolute atomic E-state index is 13.6. The molecule has 10 nitrogen and oxygen atoms in total. The monoisotopic (exact) mass is 535 g/mol. The molecule has 11 heteroatoms. The van der Waals surface area contributed by atoms with Crippen molar-refractivity contribution >= 4 is 21.8 Å². The van der Waals surface area contributed by atoms with Crippen molar-refractivity contribution in [2.75, 3.05) is 39.2 Å². The van der Waals surface area contributed by atoms with Gasteiger partial charge in [-0.05, 0) is 50.1 Å². The summed E-state index contributed by atoms with van der Waals surface area (Å²) < 4.78 is 44.6. The Morgan fingerprint density at radius 1 is 1.14 bits per heavy atom. The molecule has 1 heterocycles. The van der Waals surface area contributed by atoms with Gasteiger partial charge in [-0.3, -0.25) is 4.84 Å². The Hall–Kier alpha value is -2.70. The maximum Gasteiger partial charge on any atom is 0.407 e. The van der Waals surface area contributed by atoms with Gasteiger partial charge in [0, 0.05) is 26.3 Å². The van der Waals surface area contributed by atoms with E-state index in [-0.39, 0.29) is 17.5 Å². The first-order valence-electron chi connectivity index (χ1n) is 12.3. The van der Waals surface area contributed by atoms with E-state index in [1.807, 2.05) is 30.3 Å². The molecule has 3 unspecified atom stereocenters. The number of alkyl carbamates (subject to hydrolysis) is 1. The molecule has 2 aromatic rings. The van der Waals surface area contributed by atoms with E-state index in [0.717, 1.165) is 15.7 Å². The van der Waals surface area contributed by atoms with Gasteiger partial charge >= 0.3 is 6.09 Å². The topological polar surface area (TPSA) is 115 Å². The molecule has 3 rings (SSSR count). The molecule has 1 aliphatic heterocycles. The van der Waals surface area contributed by atoms with E-state index in [4.69, 9.17) is 19.0 Å². The molecule has 37 heavy (non-hydrogen) atoms. The zero-order valence-corrected chi connectivity index (χ0v) is 22.6. The fourth-order valence-electron chi connectivity index (χ4n) is 3.94. The Morgan fingerprint density at radius 2 is 1.84 bits per heavy atom. The molecule has 0 aromatic heterocycles. The Balaban J connectivity index is 1.85. The summed E-state index contributed by atoms with van der Waals surface area (Å²) in [5.41, 5.74) is 1.73. The van der Waals surface area contributed by atoms with Crippen molar-refractivity contribution in [1.82, 2.24) is 9.79 Å². The van der Waals surface area contributed by atoms with Crippen LogP contribution in [0.1, 0.15) is 25.8 Å². The summed E-state index contributed by atoms with van der Waals surface area (Å²) in [6.07, 6.45) is -1.08. The van der Waals surface area contributed by atoms with E-state index >= 15 is 0 Å². The van der Waals surface area contributed by atoms with E-state index < -0.39 is 34.4 Å². The quantitative estimate of drug-likeness (QED) is 0.376. The lowest BCUT2D eigenvalue weighted by atomic mass is 10.0. The van der Waals surface area contributed by atoms with Crippen LogP contribution in [0, 0.1) is 0 Å². The Morgan fingerprint density at radius 3 is 2.41 bits per heavy atom. The number of hydroxylamine groups is 1. The second kappa shape index (κ2) is 13.7. The van der Waals surface area contributed by atoms with Crippen LogP contribution in [0.4, 0.5) is 10.5 Å². The second-order valence-corrected chi connectivity index (χ2v) is 10.9. The zero-order chi connectivity index (χ0) is 26.8. The number of amides is 1. The summed E-state index contributed by atoms with van der Waals surface area (Å²) in [4.78, 5) is 18.6. The maximum atomic E-state index is 13.6. The van der Waals surface area contributed by atoms with Gasteiger partial charge in [-0.25, -0.2) is 13.2 Å². The first-order chi connectivity index (χ1) is 17.7. The van der Waals surface area contributed by atoms with Crippen molar-refractivity contribution in [3.05, 3.63) is 60.2 Å². The standard InChI is InChI=1S/C26H37N3O7S/c1-19(2)36-29(37(31,32)23-12-10-21(27-3)11-13-23)17-25(33-4)24(16-20-8-6-5-7-9-20)28-26(30)35-22-14-15-34-18-22/h5-13,19,22,24-25,27H,14-18H2,1-4H3,(H,28,30). The van der Waals surface area contributed by atoms with Crippen LogP contribution in [0.5, 0.6) is 0 Å². The van der Waals surface area contributed by atoms with Crippen molar-refractivity contribution in [3.8, 4) is 0 Å². The smallest absolute Gasteiger partial charge is 0.407 e. The predicted molar refractivity (Wildman–Crippen MR) is 140 cm³/mol. The molecular formula is C26H37N3O7S. The number of nitrogens with zero attached hydrogens (tertiary/aromatic N) is 1. The van der Waals surface area contributed by atoms with Gasteiger partial charge in [-0.15, -0.1) is 0 Å². The molecule has 2 aromatic carbocycles. The minimum absolute atomic E-state index is 0.0789. The molecular weight excluding hydrogens is 498 g/mol. The number of anilines is 1. The molecule has 0 spiro atoms. The lowest BCUT2D eigenvalue weighted by Crippen LogP contribution is -2.52. The highest BCUT2D eigenvalue weighted by Gasteiger charge is 2.34. The van der Waals surface area contributed by atoms with E-state index in [9.17, 15) is 13.2 Å². The van der Waals surface area contributed by atoms with Crippen molar-refractivity contribution in [2.45, 2.75) is 55.9 Å². The lowest BCUT2D eigenvalue weighted by Gasteiger charge is -2.32. The molecule has 3 atom stereocenters. The third kappa shape index (κ3) is 8.41. The van der Waals surface area contributed by atoms with Gasteiger partial charge in [-0.2, -0.15) is 0 Å². The molecule has 1 fully saturated rings. The summed E-state index contributed by atoms with van der Waals surface area (Å²) >= 11 is 0. The van der Waals surface area contributed by atoms with Crippen LogP contribution in [0.25, 0.3) is 0 Å². The van der Waals surface area contributed by atoms with E-state index in [1.54, 1.807) is 33.0 Å². The van der Waals surface area contributed by atoms with Crippen molar-refractivity contribution < 1.29 is 32.3 Å². The third-order valence-electron chi connectivity index (χ3n) is 5.88. The number of hydrogen-bond acceptors (Lipinski definition) is 8. The van der Waals surface area contributed by atoms with Gasteiger partial charge in [0.1, 0.15) is 6.10 Å². The highest BCUT2D eigenvalue weighted by Crippen LogP contribution is 2.22. The van der Waals surface area contributed by atoms with Crippen LogP contribution < -0.4 is 10.6 Å². The molecule has 1 saturated heterocycles. The normalized spacial score (nSPS) is 17.5. The Labute approximate surface area is 219 Å². The SMILES string of the molecule is CNc1ccc(S(=O)(=O)N(CC(OC)C(Cc2ccccc2)NC(=O)OC2CCOC2)OC(C)C)cc1. The minimum atomic E-state index is -4.04. The molecule has 1 aliphatic rings. The third-order valence-corrected chi connectivity index (χ3v) is 7.52. The minimum Gasteiger partial charge on any atom is -0.444 e. The summed E-state index contributed by atoms with van der Waals surface area (Å²) in [5.74, 6) is 0. The molecule has 0 bridgehead atoms. The van der Waals surface area contributed by atoms with Gasteiger partial charge in [0.15, 0.2) is 0 Å². The number of sulfonamides is 1. The highest BCUT2D eigenvalue weighted by atomic mass is 32.2. The molecule has 0 saturated carbocycles. The molecule has 0 aliphatic carbocycles. The fraction of sp³-hybridized carbons (Fsp3) is 0.500. The van der Waals surface area contributed by atoms with Crippen LogP contribution in [0.3, 0.4) is 0 Å². The van der Waals surface area contributed by atoms with Gasteiger partial charge < -0.3 is 24.8 Å². The predicted octanol–water partition coefficient (Wildman–Crippen LogP) is 3.20. The van der Waals surface area contributed by atoms with E-state index in [1.165, 1.54) is 19.2 Å². The second-order valence-electron chi connectivity index (χ2n) is 9.02. The number of hydrogen-bond donors (Lipinski definition) is 2. The van der Waals surface area contributed by atoms with Crippen LogP contribution in [-0.2, 0) is 35.5 Å². The van der Waals surface area contributed by atoms with E-state index in [2.05, 4.69) is 10.6 Å². The molecule has 0 radical (unpaired) electrons. The number of methoxy groups -OCH3 is 1. The number of carbonyl (C=O) groups excluding carboxylic acids is 1. The summed E-state index contributed by atoms with van der Waals surface area (Å²) in [6, 6.07) is 15.3. The van der Waals surface area contributed by atoms with Crippen LogP contribution in [0.15, 0.2) is 59.5 Å². The van der Waals surface area contributed by atoms with Crippen LogP contribution >= 0.6 is 0 Å². The number of benzene rings is 2. The van der Waals surface area contributed by atoms with Crippen LogP contribution in [-0.4, -0.2) is 77.2 Å². The Bertz CT molecular complexity index is 1080. The van der Waals surface area contributed by atoms with Crippen molar-refractivity contribution in [3.63, 3.8) is 0 Å².